The summed E-state index contributed by atoms with van der Waals surface area (Å²) in [4.78, 5) is 96.5. The minimum Gasteiger partial charge on any atom is -0.379 e. The molecule has 2 aliphatic heterocycles. The smallest absolute Gasteiger partial charge is 0.315 e. The van der Waals surface area contributed by atoms with Crippen LogP contribution in [0.3, 0.4) is 0 Å². The highest BCUT2D eigenvalue weighted by atomic mass is 16.5. The lowest BCUT2D eigenvalue weighted by Crippen LogP contribution is -2.60. The van der Waals surface area contributed by atoms with Crippen molar-refractivity contribution >= 4 is 41.5 Å². The van der Waals surface area contributed by atoms with Crippen LogP contribution in [0.5, 0.6) is 0 Å². The van der Waals surface area contributed by atoms with Gasteiger partial charge < -0.3 is 56.9 Å². The Kier molecular flexibility index (Phi) is 23.0. The van der Waals surface area contributed by atoms with Crippen molar-refractivity contribution in [3.05, 3.63) is 35.9 Å². The van der Waals surface area contributed by atoms with Gasteiger partial charge in [0.15, 0.2) is 0 Å². The fourth-order valence-corrected chi connectivity index (χ4v) is 9.12. The van der Waals surface area contributed by atoms with Crippen LogP contribution in [0, 0.1) is 17.8 Å². The van der Waals surface area contributed by atoms with E-state index in [0.717, 1.165) is 24.8 Å². The van der Waals surface area contributed by atoms with Crippen LogP contribution in [0.25, 0.3) is 0 Å². The van der Waals surface area contributed by atoms with Gasteiger partial charge in [0, 0.05) is 59.8 Å². The molecular weight excluding hydrogens is 859 g/mol. The molecule has 18 nitrogen and oxygen atoms in total. The van der Waals surface area contributed by atoms with Gasteiger partial charge >= 0.3 is 6.03 Å². The van der Waals surface area contributed by atoms with Gasteiger partial charge in [-0.1, -0.05) is 84.2 Å². The van der Waals surface area contributed by atoms with Crippen molar-refractivity contribution in [3.63, 3.8) is 0 Å². The third-order valence-corrected chi connectivity index (χ3v) is 13.4. The molecule has 1 aromatic rings. The van der Waals surface area contributed by atoms with E-state index in [2.05, 4.69) is 31.9 Å². The minimum absolute atomic E-state index is 0.0369. The van der Waals surface area contributed by atoms with Gasteiger partial charge in [0.25, 0.3) is 0 Å². The summed E-state index contributed by atoms with van der Waals surface area (Å²) in [7, 11) is 4.72. The van der Waals surface area contributed by atoms with E-state index in [-0.39, 0.29) is 73.6 Å². The first kappa shape index (κ1) is 56.5. The number of methoxy groups -OCH3 is 2. The summed E-state index contributed by atoms with van der Waals surface area (Å²) in [5, 5.41) is 17.3. The van der Waals surface area contributed by atoms with Crippen LogP contribution in [-0.4, -0.2) is 146 Å². The Morgan fingerprint density at radius 2 is 1.60 bits per heavy atom. The number of carbonyl (C=O) groups is 7. The van der Waals surface area contributed by atoms with E-state index in [1.807, 2.05) is 65.0 Å². The number of amides is 8. The van der Waals surface area contributed by atoms with E-state index in [9.17, 15) is 33.6 Å². The molecule has 2 aliphatic rings. The molecule has 18 heteroatoms. The van der Waals surface area contributed by atoms with Crippen molar-refractivity contribution in [1.82, 2.24) is 41.7 Å². The quantitative estimate of drug-likeness (QED) is 0.0607. The molecule has 0 saturated carbocycles. The number of nitrogens with two attached hydrogens (primary N) is 1. The largest absolute Gasteiger partial charge is 0.379 e. The first-order chi connectivity index (χ1) is 31.6. The number of ether oxygens (including phenoxy) is 2. The van der Waals surface area contributed by atoms with E-state index in [1.54, 1.807) is 37.6 Å². The van der Waals surface area contributed by atoms with Crippen molar-refractivity contribution in [2.45, 2.75) is 174 Å². The van der Waals surface area contributed by atoms with Crippen LogP contribution in [0.1, 0.15) is 119 Å². The first-order valence-electron chi connectivity index (χ1n) is 24.3. The number of carbonyl (C=O) groups excluding carboxylic acids is 7. The standard InChI is InChI=1S/C49H83N9O9/c1-12-31(4)42(57(9)46(63)41(30(2)3)56-47(64)49(7,8)50)38(66-10)29-40(60)58-27-19-23-37(58)43(67-11)32(5)44(61)54-36(28-34-20-15-13-16-21-34)45(62)52-26-25-51-39(59)24-18-14-17-22-35-33(6)53-48(65)55-35/h13,15-16,20-21,30-33,35-38,41-43H,12,14,17-19,22-29,50H2,1-11H3,(H,51,59)(H,52,62)(H,54,61)(H,56,64)(H2,53,55,65). The van der Waals surface area contributed by atoms with Crippen molar-refractivity contribution in [1.29, 1.82) is 0 Å². The Morgan fingerprint density at radius 1 is 0.925 bits per heavy atom. The Labute approximate surface area is 399 Å². The number of nitrogens with one attached hydrogen (secondary N) is 6. The van der Waals surface area contributed by atoms with Gasteiger partial charge in [-0.25, -0.2) is 4.79 Å². The second-order valence-corrected chi connectivity index (χ2v) is 19.5. The van der Waals surface area contributed by atoms with Crippen molar-refractivity contribution in [3.8, 4) is 0 Å². The summed E-state index contributed by atoms with van der Waals surface area (Å²) < 4.78 is 12.0. The van der Waals surface area contributed by atoms with E-state index in [4.69, 9.17) is 15.2 Å². The van der Waals surface area contributed by atoms with Gasteiger partial charge in [-0.15, -0.1) is 0 Å². The summed E-state index contributed by atoms with van der Waals surface area (Å²) in [6, 6.07) is 6.66. The zero-order valence-electron chi connectivity index (χ0n) is 42.1. The molecule has 0 spiro atoms. The molecule has 0 aliphatic carbocycles. The Balaban J connectivity index is 1.65. The number of rotatable bonds is 28. The van der Waals surface area contributed by atoms with Crippen molar-refractivity contribution in [2.24, 2.45) is 23.5 Å². The third-order valence-electron chi connectivity index (χ3n) is 13.4. The average molecular weight is 942 g/mol. The zero-order chi connectivity index (χ0) is 50.0. The van der Waals surface area contributed by atoms with Crippen LogP contribution in [-0.2, 0) is 44.7 Å². The molecule has 2 fully saturated rings. The predicted molar refractivity (Wildman–Crippen MR) is 257 cm³/mol. The topological polar surface area (TPSA) is 243 Å². The summed E-state index contributed by atoms with van der Waals surface area (Å²) in [6.07, 6.45) is 4.43. The van der Waals surface area contributed by atoms with Crippen molar-refractivity contribution < 1.29 is 43.0 Å². The van der Waals surface area contributed by atoms with Crippen LogP contribution >= 0.6 is 0 Å². The number of hydrogen-bond acceptors (Lipinski definition) is 10. The summed E-state index contributed by atoms with van der Waals surface area (Å²) in [5.74, 6) is -2.96. The number of likely N-dealkylation sites (N-methyl/N-ethyl adjacent to an activating group) is 1. The van der Waals surface area contributed by atoms with E-state index in [0.29, 0.717) is 38.6 Å². The number of benzene rings is 1. The van der Waals surface area contributed by atoms with E-state index >= 15 is 0 Å². The maximum atomic E-state index is 14.3. The number of nitrogens with zero attached hydrogens (tertiary/aromatic N) is 2. The molecule has 0 radical (unpaired) electrons. The lowest BCUT2D eigenvalue weighted by atomic mass is 9.89. The molecule has 0 aromatic heterocycles. The SMILES string of the molecule is CCC(C)C(C(CC(=O)N1CCCC1C(OC)C(C)C(=O)NC(Cc1ccccc1)C(=O)NCCNC(=O)CCCCCC1NC(=O)NC1C)OC)N(C)C(=O)C(NC(=O)C(C)(C)N)C(C)C. The van der Waals surface area contributed by atoms with Gasteiger partial charge in [-0.05, 0) is 63.9 Å². The van der Waals surface area contributed by atoms with Gasteiger partial charge in [-0.3, -0.25) is 28.8 Å². The molecule has 67 heavy (non-hydrogen) atoms. The number of hydrogen-bond donors (Lipinski definition) is 7. The lowest BCUT2D eigenvalue weighted by Gasteiger charge is -2.41. The van der Waals surface area contributed by atoms with Gasteiger partial charge in [0.2, 0.25) is 35.4 Å². The van der Waals surface area contributed by atoms with Gasteiger partial charge in [0.05, 0.1) is 48.2 Å². The van der Waals surface area contributed by atoms with Crippen LogP contribution in [0.15, 0.2) is 30.3 Å². The van der Waals surface area contributed by atoms with E-state index in [1.165, 1.54) is 14.2 Å². The molecule has 8 N–H and O–H groups in total. The Bertz CT molecular complexity index is 1780. The molecule has 2 saturated heterocycles. The molecule has 10 atom stereocenters. The normalized spacial score (nSPS) is 20.3. The molecule has 10 unspecified atom stereocenters. The highest BCUT2D eigenvalue weighted by Crippen LogP contribution is 2.30. The lowest BCUT2D eigenvalue weighted by molar-refractivity contribution is -0.148. The van der Waals surface area contributed by atoms with Crippen LogP contribution < -0.4 is 37.6 Å². The predicted octanol–water partition coefficient (Wildman–Crippen LogP) is 2.77. The van der Waals surface area contributed by atoms with Gasteiger partial charge in [-0.2, -0.15) is 0 Å². The second kappa shape index (κ2) is 27.3. The molecule has 3 rings (SSSR count). The van der Waals surface area contributed by atoms with E-state index < -0.39 is 65.6 Å². The summed E-state index contributed by atoms with van der Waals surface area (Å²) >= 11 is 0. The second-order valence-electron chi connectivity index (χ2n) is 19.5. The molecule has 1 aromatic carbocycles. The van der Waals surface area contributed by atoms with Crippen molar-refractivity contribution in [2.75, 3.05) is 40.9 Å². The van der Waals surface area contributed by atoms with Crippen LogP contribution in [0.2, 0.25) is 0 Å². The maximum Gasteiger partial charge on any atom is 0.315 e. The number of likely N-dealkylation sites (tertiary alicyclic amines) is 1. The molecule has 8 amide bonds. The molecule has 378 valence electrons. The number of unbranched alkanes of at least 4 members (excludes halogenated alkanes) is 2. The molecule has 2 heterocycles. The average Bonchev–Trinajstić information content (AvgIpc) is 3.90. The van der Waals surface area contributed by atoms with Gasteiger partial charge in [0.1, 0.15) is 12.1 Å². The Hall–Kier alpha value is -4.81. The fraction of sp³-hybridized carbons (Fsp3) is 0.735. The summed E-state index contributed by atoms with van der Waals surface area (Å²) in [6.45, 7) is 15.4. The number of urea groups is 1. The Morgan fingerprint density at radius 3 is 2.18 bits per heavy atom. The van der Waals surface area contributed by atoms with Crippen LogP contribution in [0.4, 0.5) is 4.79 Å². The summed E-state index contributed by atoms with van der Waals surface area (Å²) in [5.41, 5.74) is 5.71. The molecule has 0 bridgehead atoms. The molecular formula is C49H83N9O9. The monoisotopic (exact) mass is 942 g/mol. The minimum atomic E-state index is -1.19. The third kappa shape index (κ3) is 17.0. The highest BCUT2D eigenvalue weighted by molar-refractivity contribution is 5.92. The maximum absolute atomic E-state index is 14.3. The highest BCUT2D eigenvalue weighted by Gasteiger charge is 2.43. The first-order valence-corrected chi connectivity index (χ1v) is 24.3. The zero-order valence-corrected chi connectivity index (χ0v) is 42.1. The fourth-order valence-electron chi connectivity index (χ4n) is 9.12.